The van der Waals surface area contributed by atoms with Crippen molar-refractivity contribution in [2.75, 3.05) is 13.1 Å². The Morgan fingerprint density at radius 2 is 2.20 bits per heavy atom. The largest absolute Gasteiger partial charge is 0.481 e. The molecule has 2 aliphatic rings. The second-order valence-electron chi connectivity index (χ2n) is 5.55. The molecule has 1 aliphatic heterocycles. The Hall–Kier alpha value is -1.56. The van der Waals surface area contributed by atoms with Crippen molar-refractivity contribution in [1.29, 1.82) is 0 Å². The molecule has 0 radical (unpaired) electrons. The lowest BCUT2D eigenvalue weighted by Gasteiger charge is -2.22. The minimum Gasteiger partial charge on any atom is -0.481 e. The summed E-state index contributed by atoms with van der Waals surface area (Å²) < 4.78 is 0. The standard InChI is InChI=1S/C14H18N2O3S/c17-13(18)10-5-6-16(8-10)14(19)15-12(9-3-4-9)11-2-1-7-20-11/h1-2,7,9-10,12H,3-6,8H2,(H,15,19)(H,17,18). The maximum absolute atomic E-state index is 12.3. The average Bonchev–Trinajstić information content (AvgIpc) is 2.95. The number of rotatable bonds is 4. The van der Waals surface area contributed by atoms with Crippen LogP contribution in [0, 0.1) is 11.8 Å². The van der Waals surface area contributed by atoms with Crippen LogP contribution in [0.1, 0.15) is 30.2 Å². The Balaban J connectivity index is 1.62. The second-order valence-corrected chi connectivity index (χ2v) is 6.53. The monoisotopic (exact) mass is 294 g/mol. The first-order valence-electron chi connectivity index (χ1n) is 6.97. The van der Waals surface area contributed by atoms with Crippen LogP contribution in [0.2, 0.25) is 0 Å². The fraction of sp³-hybridized carbons (Fsp3) is 0.571. The van der Waals surface area contributed by atoms with Gasteiger partial charge < -0.3 is 15.3 Å². The Morgan fingerprint density at radius 1 is 1.40 bits per heavy atom. The van der Waals surface area contributed by atoms with E-state index < -0.39 is 11.9 Å². The van der Waals surface area contributed by atoms with E-state index in [0.717, 1.165) is 12.8 Å². The number of carboxylic acid groups (broad SMARTS) is 1. The molecule has 5 nitrogen and oxygen atoms in total. The van der Waals surface area contributed by atoms with Gasteiger partial charge >= 0.3 is 12.0 Å². The molecule has 1 aliphatic carbocycles. The molecule has 1 saturated carbocycles. The molecule has 0 bridgehead atoms. The summed E-state index contributed by atoms with van der Waals surface area (Å²) in [5.74, 6) is -0.686. The molecule has 2 heterocycles. The maximum Gasteiger partial charge on any atom is 0.317 e. The Bertz CT molecular complexity index is 499. The molecule has 2 N–H and O–H groups in total. The topological polar surface area (TPSA) is 69.6 Å². The second kappa shape index (κ2) is 5.44. The molecule has 2 amide bonds. The van der Waals surface area contributed by atoms with E-state index in [9.17, 15) is 9.59 Å². The van der Waals surface area contributed by atoms with Gasteiger partial charge in [-0.05, 0) is 36.6 Å². The van der Waals surface area contributed by atoms with Gasteiger partial charge in [-0.2, -0.15) is 0 Å². The lowest BCUT2D eigenvalue weighted by molar-refractivity contribution is -0.141. The third-order valence-electron chi connectivity index (χ3n) is 4.05. The van der Waals surface area contributed by atoms with Crippen molar-refractivity contribution in [2.45, 2.75) is 25.3 Å². The molecule has 3 rings (SSSR count). The molecule has 1 aromatic heterocycles. The minimum atomic E-state index is -0.808. The van der Waals surface area contributed by atoms with Crippen molar-refractivity contribution in [3.8, 4) is 0 Å². The zero-order valence-electron chi connectivity index (χ0n) is 11.1. The van der Waals surface area contributed by atoms with Crippen LogP contribution in [0.15, 0.2) is 17.5 Å². The molecule has 2 atom stereocenters. The van der Waals surface area contributed by atoms with Gasteiger partial charge in [0.15, 0.2) is 0 Å². The number of thiophene rings is 1. The highest BCUT2D eigenvalue weighted by Crippen LogP contribution is 2.42. The zero-order chi connectivity index (χ0) is 14.1. The van der Waals surface area contributed by atoms with Crippen LogP contribution >= 0.6 is 11.3 Å². The van der Waals surface area contributed by atoms with Crippen LogP contribution in [0.3, 0.4) is 0 Å². The quantitative estimate of drug-likeness (QED) is 0.895. The molecule has 20 heavy (non-hydrogen) atoms. The lowest BCUT2D eigenvalue weighted by atomic mass is 10.1. The predicted molar refractivity (Wildman–Crippen MR) is 75.6 cm³/mol. The van der Waals surface area contributed by atoms with Crippen LogP contribution < -0.4 is 5.32 Å². The van der Waals surface area contributed by atoms with Gasteiger partial charge in [0.2, 0.25) is 0 Å². The number of carbonyl (C=O) groups is 2. The Morgan fingerprint density at radius 3 is 2.75 bits per heavy atom. The number of amides is 2. The first-order valence-corrected chi connectivity index (χ1v) is 7.85. The van der Waals surface area contributed by atoms with Gasteiger partial charge in [0.25, 0.3) is 0 Å². The number of nitrogens with one attached hydrogen (secondary N) is 1. The summed E-state index contributed by atoms with van der Waals surface area (Å²) in [6.07, 6.45) is 2.86. The van der Waals surface area contributed by atoms with Crippen molar-refractivity contribution in [1.82, 2.24) is 10.2 Å². The van der Waals surface area contributed by atoms with Crippen molar-refractivity contribution < 1.29 is 14.7 Å². The van der Waals surface area contributed by atoms with Gasteiger partial charge in [0.1, 0.15) is 0 Å². The van der Waals surface area contributed by atoms with E-state index in [4.69, 9.17) is 5.11 Å². The van der Waals surface area contributed by atoms with Crippen LogP contribution in [-0.4, -0.2) is 35.1 Å². The number of urea groups is 1. The van der Waals surface area contributed by atoms with Crippen molar-refractivity contribution in [3.63, 3.8) is 0 Å². The van der Waals surface area contributed by atoms with Gasteiger partial charge in [-0.1, -0.05) is 6.07 Å². The predicted octanol–water partition coefficient (Wildman–Crippen LogP) is 2.32. The molecule has 1 aromatic rings. The zero-order valence-corrected chi connectivity index (χ0v) is 11.9. The summed E-state index contributed by atoms with van der Waals surface area (Å²) in [6, 6.07) is 4.01. The van der Waals surface area contributed by atoms with Crippen LogP contribution in [0.25, 0.3) is 0 Å². The summed E-state index contributed by atoms with van der Waals surface area (Å²) >= 11 is 1.66. The van der Waals surface area contributed by atoms with Gasteiger partial charge in [-0.3, -0.25) is 4.79 Å². The molecule has 108 valence electrons. The number of hydrogen-bond donors (Lipinski definition) is 2. The molecular formula is C14H18N2O3S. The van der Waals surface area contributed by atoms with E-state index >= 15 is 0 Å². The van der Waals surface area contributed by atoms with Crippen LogP contribution in [0.5, 0.6) is 0 Å². The minimum absolute atomic E-state index is 0.0892. The highest BCUT2D eigenvalue weighted by molar-refractivity contribution is 7.10. The SMILES string of the molecule is O=C(O)C1CCN(C(=O)NC(c2cccs2)C2CC2)C1. The van der Waals surface area contributed by atoms with Crippen LogP contribution in [-0.2, 0) is 4.79 Å². The fourth-order valence-corrected chi connectivity index (χ4v) is 3.56. The van der Waals surface area contributed by atoms with E-state index in [1.165, 1.54) is 4.88 Å². The van der Waals surface area contributed by atoms with E-state index in [2.05, 4.69) is 11.4 Å². The number of carboxylic acids is 1. The summed E-state index contributed by atoms with van der Waals surface area (Å²) in [4.78, 5) is 26.0. The number of hydrogen-bond acceptors (Lipinski definition) is 3. The van der Waals surface area contributed by atoms with E-state index in [1.807, 2.05) is 11.4 Å². The number of carbonyl (C=O) groups excluding carboxylic acids is 1. The summed E-state index contributed by atoms with van der Waals surface area (Å²) in [5, 5.41) is 14.1. The van der Waals surface area contributed by atoms with Gasteiger partial charge in [-0.25, -0.2) is 4.79 Å². The smallest absolute Gasteiger partial charge is 0.317 e. The van der Waals surface area contributed by atoms with E-state index in [1.54, 1.807) is 16.2 Å². The lowest BCUT2D eigenvalue weighted by Crippen LogP contribution is -2.41. The van der Waals surface area contributed by atoms with Crippen LogP contribution in [0.4, 0.5) is 4.79 Å². The maximum atomic E-state index is 12.3. The third-order valence-corrected chi connectivity index (χ3v) is 5.00. The summed E-state index contributed by atoms with van der Waals surface area (Å²) in [7, 11) is 0. The molecule has 2 unspecified atom stereocenters. The third kappa shape index (κ3) is 2.80. The Kier molecular flexibility index (Phi) is 3.65. The van der Waals surface area contributed by atoms with Gasteiger partial charge in [0, 0.05) is 18.0 Å². The van der Waals surface area contributed by atoms with E-state index in [-0.39, 0.29) is 12.1 Å². The van der Waals surface area contributed by atoms with Gasteiger partial charge in [-0.15, -0.1) is 11.3 Å². The Labute approximate surface area is 121 Å². The molecule has 1 saturated heterocycles. The first kappa shape index (κ1) is 13.4. The van der Waals surface area contributed by atoms with Gasteiger partial charge in [0.05, 0.1) is 12.0 Å². The van der Waals surface area contributed by atoms with Crippen molar-refractivity contribution in [3.05, 3.63) is 22.4 Å². The highest BCUT2D eigenvalue weighted by Gasteiger charge is 2.37. The summed E-state index contributed by atoms with van der Waals surface area (Å²) in [6.45, 7) is 0.855. The molecule has 0 spiro atoms. The molecular weight excluding hydrogens is 276 g/mol. The molecule has 2 fully saturated rings. The van der Waals surface area contributed by atoms with Crippen molar-refractivity contribution in [2.24, 2.45) is 11.8 Å². The van der Waals surface area contributed by atoms with Crippen molar-refractivity contribution >= 4 is 23.3 Å². The fourth-order valence-electron chi connectivity index (χ4n) is 2.69. The molecule has 0 aromatic carbocycles. The number of aliphatic carboxylic acids is 1. The number of nitrogens with zero attached hydrogens (tertiary/aromatic N) is 1. The first-order chi connectivity index (χ1) is 9.65. The summed E-state index contributed by atoms with van der Waals surface area (Å²) in [5.41, 5.74) is 0. The normalized spacial score (nSPS) is 23.6. The van der Waals surface area contributed by atoms with E-state index in [0.29, 0.717) is 25.4 Å². The number of likely N-dealkylation sites (tertiary alicyclic amines) is 1. The average molecular weight is 294 g/mol. The molecule has 6 heteroatoms. The highest BCUT2D eigenvalue weighted by atomic mass is 32.1.